The molecule has 0 aliphatic rings. The number of ether oxygens (including phenoxy) is 1. The Balaban J connectivity index is 1.84. The highest BCUT2D eigenvalue weighted by Crippen LogP contribution is 2.19. The molecule has 1 amide bonds. The second-order valence-corrected chi connectivity index (χ2v) is 4.72. The summed E-state index contributed by atoms with van der Waals surface area (Å²) in [6, 6.07) is 13.9. The van der Waals surface area contributed by atoms with E-state index in [0.717, 1.165) is 11.1 Å². The quantitative estimate of drug-likeness (QED) is 0.887. The molecule has 4 heteroatoms. The van der Waals surface area contributed by atoms with Crippen LogP contribution in [-0.4, -0.2) is 19.6 Å². The topological polar surface area (TPSA) is 38.3 Å². The number of rotatable bonds is 6. The van der Waals surface area contributed by atoms with Gasteiger partial charge in [-0.2, -0.15) is 0 Å². The highest BCUT2D eigenvalue weighted by Gasteiger charge is 2.06. The maximum Gasteiger partial charge on any atom is 0.224 e. The van der Waals surface area contributed by atoms with Crippen LogP contribution in [0.15, 0.2) is 48.5 Å². The molecule has 3 nitrogen and oxygen atoms in total. The van der Waals surface area contributed by atoms with Crippen LogP contribution in [0.5, 0.6) is 5.75 Å². The van der Waals surface area contributed by atoms with E-state index in [4.69, 9.17) is 4.74 Å². The zero-order chi connectivity index (χ0) is 15.1. The van der Waals surface area contributed by atoms with Gasteiger partial charge in [-0.3, -0.25) is 4.79 Å². The molecule has 0 fully saturated rings. The van der Waals surface area contributed by atoms with Crippen molar-refractivity contribution in [2.45, 2.75) is 12.8 Å². The van der Waals surface area contributed by atoms with Gasteiger partial charge >= 0.3 is 0 Å². The molecule has 2 aromatic carbocycles. The van der Waals surface area contributed by atoms with E-state index in [1.807, 2.05) is 30.3 Å². The van der Waals surface area contributed by atoms with Crippen molar-refractivity contribution < 1.29 is 13.9 Å². The number of nitrogens with one attached hydrogen (secondary N) is 1. The Labute approximate surface area is 123 Å². The second kappa shape index (κ2) is 7.43. The number of hydrogen-bond acceptors (Lipinski definition) is 2. The number of amides is 1. The molecule has 0 saturated carbocycles. The van der Waals surface area contributed by atoms with Gasteiger partial charge in [0.2, 0.25) is 5.91 Å². The van der Waals surface area contributed by atoms with Crippen LogP contribution in [0.25, 0.3) is 0 Å². The maximum absolute atomic E-state index is 13.2. The first kappa shape index (κ1) is 15.0. The molecule has 0 saturated heterocycles. The van der Waals surface area contributed by atoms with Crippen LogP contribution in [0.1, 0.15) is 11.1 Å². The normalized spacial score (nSPS) is 10.2. The van der Waals surface area contributed by atoms with Gasteiger partial charge < -0.3 is 10.1 Å². The third-order valence-electron chi connectivity index (χ3n) is 3.17. The van der Waals surface area contributed by atoms with Crippen LogP contribution in [0.3, 0.4) is 0 Å². The summed E-state index contributed by atoms with van der Waals surface area (Å²) in [7, 11) is 1.55. The third kappa shape index (κ3) is 4.60. The predicted molar refractivity (Wildman–Crippen MR) is 79.8 cm³/mol. The van der Waals surface area contributed by atoms with E-state index in [2.05, 4.69) is 5.32 Å². The summed E-state index contributed by atoms with van der Waals surface area (Å²) >= 11 is 0. The number of halogens is 1. The van der Waals surface area contributed by atoms with E-state index >= 15 is 0 Å². The molecular weight excluding hydrogens is 269 g/mol. The Morgan fingerprint density at radius 1 is 1.19 bits per heavy atom. The van der Waals surface area contributed by atoms with E-state index in [9.17, 15) is 9.18 Å². The lowest BCUT2D eigenvalue weighted by Gasteiger charge is -2.09. The standard InChI is InChI=1S/C17H18FNO2/c1-21-16-8-7-15(18)12-14(16)9-10-19-17(20)11-13-5-3-2-4-6-13/h2-8,12H,9-11H2,1H3,(H,19,20). The summed E-state index contributed by atoms with van der Waals surface area (Å²) in [5.74, 6) is 0.284. The second-order valence-electron chi connectivity index (χ2n) is 4.72. The number of carbonyl (C=O) groups excluding carboxylic acids is 1. The van der Waals surface area contributed by atoms with Crippen molar-refractivity contribution in [2.75, 3.05) is 13.7 Å². The first-order valence-electron chi connectivity index (χ1n) is 6.82. The lowest BCUT2D eigenvalue weighted by molar-refractivity contribution is -0.120. The van der Waals surface area contributed by atoms with Crippen molar-refractivity contribution in [1.82, 2.24) is 5.32 Å². The number of hydrogen-bond donors (Lipinski definition) is 1. The van der Waals surface area contributed by atoms with Gasteiger partial charge in [-0.15, -0.1) is 0 Å². The fourth-order valence-electron chi connectivity index (χ4n) is 2.12. The molecule has 0 aliphatic heterocycles. The monoisotopic (exact) mass is 287 g/mol. The minimum Gasteiger partial charge on any atom is -0.496 e. The molecule has 0 atom stereocenters. The lowest BCUT2D eigenvalue weighted by atomic mass is 10.1. The molecule has 0 aromatic heterocycles. The summed E-state index contributed by atoms with van der Waals surface area (Å²) in [6.07, 6.45) is 0.878. The number of carbonyl (C=O) groups is 1. The van der Waals surface area contributed by atoms with E-state index < -0.39 is 0 Å². The zero-order valence-electron chi connectivity index (χ0n) is 11.9. The van der Waals surface area contributed by atoms with E-state index in [1.165, 1.54) is 12.1 Å². The molecule has 0 aliphatic carbocycles. The Bertz CT molecular complexity index is 599. The molecule has 0 bridgehead atoms. The van der Waals surface area contributed by atoms with Crippen LogP contribution in [0, 0.1) is 5.82 Å². The third-order valence-corrected chi connectivity index (χ3v) is 3.17. The molecule has 2 aromatic rings. The molecule has 110 valence electrons. The maximum atomic E-state index is 13.2. The Morgan fingerprint density at radius 3 is 2.67 bits per heavy atom. The van der Waals surface area contributed by atoms with Crippen molar-refractivity contribution in [1.29, 1.82) is 0 Å². The van der Waals surface area contributed by atoms with Gasteiger partial charge in [-0.25, -0.2) is 4.39 Å². The van der Waals surface area contributed by atoms with Crippen molar-refractivity contribution in [3.05, 3.63) is 65.5 Å². The molecule has 0 unspecified atom stereocenters. The number of benzene rings is 2. The summed E-state index contributed by atoms with van der Waals surface area (Å²) < 4.78 is 18.4. The summed E-state index contributed by atoms with van der Waals surface area (Å²) in [5.41, 5.74) is 1.72. The Kier molecular flexibility index (Phi) is 5.32. The van der Waals surface area contributed by atoms with Crippen LogP contribution in [0.2, 0.25) is 0 Å². The van der Waals surface area contributed by atoms with Crippen molar-refractivity contribution in [2.24, 2.45) is 0 Å². The van der Waals surface area contributed by atoms with Gasteiger partial charge in [-0.1, -0.05) is 30.3 Å². The molecule has 2 rings (SSSR count). The SMILES string of the molecule is COc1ccc(F)cc1CCNC(=O)Cc1ccccc1. The average Bonchev–Trinajstić information content (AvgIpc) is 2.48. The zero-order valence-corrected chi connectivity index (χ0v) is 11.9. The van der Waals surface area contributed by atoms with Gasteiger partial charge in [0.05, 0.1) is 13.5 Å². The molecule has 21 heavy (non-hydrogen) atoms. The average molecular weight is 287 g/mol. The molecule has 0 heterocycles. The minimum absolute atomic E-state index is 0.0448. The first-order valence-corrected chi connectivity index (χ1v) is 6.82. The van der Waals surface area contributed by atoms with Gasteiger partial charge in [0.25, 0.3) is 0 Å². The van der Waals surface area contributed by atoms with Crippen LogP contribution in [0.4, 0.5) is 4.39 Å². The molecule has 1 N–H and O–H groups in total. The molecule has 0 spiro atoms. The van der Waals surface area contributed by atoms with E-state index in [1.54, 1.807) is 13.2 Å². The van der Waals surface area contributed by atoms with Gasteiger partial charge in [0.15, 0.2) is 0 Å². The summed E-state index contributed by atoms with van der Waals surface area (Å²) in [6.45, 7) is 0.450. The highest BCUT2D eigenvalue weighted by molar-refractivity contribution is 5.78. The largest absolute Gasteiger partial charge is 0.496 e. The van der Waals surface area contributed by atoms with Crippen molar-refractivity contribution >= 4 is 5.91 Å². The fraction of sp³-hybridized carbons (Fsp3) is 0.235. The minimum atomic E-state index is -0.304. The van der Waals surface area contributed by atoms with Crippen LogP contribution < -0.4 is 10.1 Å². The Morgan fingerprint density at radius 2 is 1.95 bits per heavy atom. The van der Waals surface area contributed by atoms with Gasteiger partial charge in [0.1, 0.15) is 11.6 Å². The van der Waals surface area contributed by atoms with Gasteiger partial charge in [-0.05, 0) is 35.7 Å². The lowest BCUT2D eigenvalue weighted by Crippen LogP contribution is -2.27. The smallest absolute Gasteiger partial charge is 0.224 e. The van der Waals surface area contributed by atoms with Crippen LogP contribution >= 0.6 is 0 Å². The number of methoxy groups -OCH3 is 1. The van der Waals surface area contributed by atoms with E-state index in [-0.39, 0.29) is 11.7 Å². The summed E-state index contributed by atoms with van der Waals surface area (Å²) in [5, 5.41) is 2.83. The van der Waals surface area contributed by atoms with Crippen LogP contribution in [-0.2, 0) is 17.6 Å². The fourth-order valence-corrected chi connectivity index (χ4v) is 2.12. The van der Waals surface area contributed by atoms with Gasteiger partial charge in [0, 0.05) is 6.54 Å². The van der Waals surface area contributed by atoms with Crippen molar-refractivity contribution in [3.8, 4) is 5.75 Å². The Hall–Kier alpha value is -2.36. The highest BCUT2D eigenvalue weighted by atomic mass is 19.1. The first-order chi connectivity index (χ1) is 10.2. The van der Waals surface area contributed by atoms with E-state index in [0.29, 0.717) is 25.1 Å². The predicted octanol–water partition coefficient (Wildman–Crippen LogP) is 2.74. The summed E-state index contributed by atoms with van der Waals surface area (Å²) in [4.78, 5) is 11.8. The van der Waals surface area contributed by atoms with Crippen molar-refractivity contribution in [3.63, 3.8) is 0 Å². The molecular formula is C17H18FNO2. The molecule has 0 radical (unpaired) electrons.